The standard InChI is InChI=1S/C19H23ClN2O4S/c1-4-14(2)22(19(23)21-17-9-6-8-16(20)12-17)13-15-7-5-10-18(11-15)26-27(3,24)25/h5-12,14H,4,13H2,1-3H3,(H,21,23)/t14-/m1/s1. The van der Waals surface area contributed by atoms with Gasteiger partial charge in [-0.3, -0.25) is 0 Å². The van der Waals surface area contributed by atoms with Crippen LogP contribution < -0.4 is 9.50 Å². The Hall–Kier alpha value is -2.25. The summed E-state index contributed by atoms with van der Waals surface area (Å²) in [6.07, 6.45) is 1.76. The molecule has 0 bridgehead atoms. The summed E-state index contributed by atoms with van der Waals surface area (Å²) in [6, 6.07) is 13.3. The molecule has 2 aromatic carbocycles. The number of nitrogens with zero attached hydrogens (tertiary/aromatic N) is 1. The molecular formula is C19H23ClN2O4S. The lowest BCUT2D eigenvalue weighted by molar-refractivity contribution is 0.187. The van der Waals surface area contributed by atoms with Crippen molar-refractivity contribution in [2.24, 2.45) is 0 Å². The Balaban J connectivity index is 2.19. The molecule has 27 heavy (non-hydrogen) atoms. The monoisotopic (exact) mass is 410 g/mol. The number of carbonyl (C=O) groups excluding carboxylic acids is 1. The van der Waals surface area contributed by atoms with Gasteiger partial charge in [-0.25, -0.2) is 4.79 Å². The Labute approximate surface area is 165 Å². The van der Waals surface area contributed by atoms with Crippen molar-refractivity contribution < 1.29 is 17.4 Å². The molecule has 146 valence electrons. The Morgan fingerprint density at radius 2 is 1.93 bits per heavy atom. The topological polar surface area (TPSA) is 75.7 Å². The molecule has 0 aromatic heterocycles. The van der Waals surface area contributed by atoms with E-state index in [0.29, 0.717) is 17.3 Å². The predicted octanol–water partition coefficient (Wildman–Crippen LogP) is 4.51. The fourth-order valence-corrected chi connectivity index (χ4v) is 3.12. The summed E-state index contributed by atoms with van der Waals surface area (Å²) in [6.45, 7) is 4.25. The number of nitrogens with one attached hydrogen (secondary N) is 1. The lowest BCUT2D eigenvalue weighted by atomic mass is 10.1. The Morgan fingerprint density at radius 3 is 2.56 bits per heavy atom. The number of hydrogen-bond donors (Lipinski definition) is 1. The summed E-state index contributed by atoms with van der Waals surface area (Å²) >= 11 is 5.97. The quantitative estimate of drug-likeness (QED) is 0.681. The molecule has 0 fully saturated rings. The smallest absolute Gasteiger partial charge is 0.322 e. The number of carbonyl (C=O) groups is 1. The maximum atomic E-state index is 12.8. The molecule has 0 saturated carbocycles. The third-order valence-corrected chi connectivity index (χ3v) is 4.69. The van der Waals surface area contributed by atoms with Gasteiger partial charge in [0.2, 0.25) is 0 Å². The van der Waals surface area contributed by atoms with Gasteiger partial charge in [0.15, 0.2) is 0 Å². The first-order chi connectivity index (χ1) is 12.7. The van der Waals surface area contributed by atoms with Crippen LogP contribution in [0.25, 0.3) is 0 Å². The zero-order chi connectivity index (χ0) is 20.0. The zero-order valence-corrected chi connectivity index (χ0v) is 17.0. The van der Waals surface area contributed by atoms with E-state index in [-0.39, 0.29) is 17.8 Å². The van der Waals surface area contributed by atoms with Crippen molar-refractivity contribution in [3.05, 3.63) is 59.1 Å². The minimum Gasteiger partial charge on any atom is -0.383 e. The van der Waals surface area contributed by atoms with Crippen molar-refractivity contribution in [3.8, 4) is 5.75 Å². The first-order valence-electron chi connectivity index (χ1n) is 8.49. The van der Waals surface area contributed by atoms with Gasteiger partial charge in [-0.05, 0) is 49.2 Å². The second kappa shape index (κ2) is 9.10. The average molecular weight is 411 g/mol. The molecule has 2 amide bonds. The number of benzene rings is 2. The number of anilines is 1. The van der Waals surface area contributed by atoms with Crippen molar-refractivity contribution in [2.75, 3.05) is 11.6 Å². The van der Waals surface area contributed by atoms with Gasteiger partial charge in [-0.2, -0.15) is 8.42 Å². The van der Waals surface area contributed by atoms with Crippen LogP contribution in [0.1, 0.15) is 25.8 Å². The van der Waals surface area contributed by atoms with Crippen LogP contribution in [0.4, 0.5) is 10.5 Å². The summed E-state index contributed by atoms with van der Waals surface area (Å²) in [7, 11) is -3.61. The van der Waals surface area contributed by atoms with Gasteiger partial charge in [-0.1, -0.05) is 36.7 Å². The molecule has 0 heterocycles. The lowest BCUT2D eigenvalue weighted by Crippen LogP contribution is -2.40. The summed E-state index contributed by atoms with van der Waals surface area (Å²) in [5.41, 5.74) is 1.37. The normalized spacial score (nSPS) is 12.3. The van der Waals surface area contributed by atoms with Gasteiger partial charge in [0, 0.05) is 23.3 Å². The Morgan fingerprint density at radius 1 is 1.22 bits per heavy atom. The highest BCUT2D eigenvalue weighted by atomic mass is 35.5. The number of urea groups is 1. The molecule has 8 heteroatoms. The Kier molecular flexibility index (Phi) is 7.10. The van der Waals surface area contributed by atoms with E-state index < -0.39 is 10.1 Å². The fourth-order valence-electron chi connectivity index (χ4n) is 2.48. The minimum atomic E-state index is -3.61. The molecule has 0 spiro atoms. The van der Waals surface area contributed by atoms with E-state index in [0.717, 1.165) is 18.2 Å². The number of halogens is 1. The van der Waals surface area contributed by atoms with E-state index in [1.165, 1.54) is 0 Å². The Bertz CT molecular complexity index is 902. The van der Waals surface area contributed by atoms with Gasteiger partial charge in [0.05, 0.1) is 6.26 Å². The SMILES string of the molecule is CC[C@@H](C)N(Cc1cccc(OS(C)(=O)=O)c1)C(=O)Nc1cccc(Cl)c1. The summed E-state index contributed by atoms with van der Waals surface area (Å²) in [5.74, 6) is 0.217. The predicted molar refractivity (Wildman–Crippen MR) is 108 cm³/mol. The second-order valence-electron chi connectivity index (χ2n) is 6.26. The molecule has 2 aromatic rings. The molecule has 0 aliphatic carbocycles. The van der Waals surface area contributed by atoms with E-state index in [1.54, 1.807) is 47.4 Å². The molecule has 0 saturated heterocycles. The third kappa shape index (κ3) is 6.77. The van der Waals surface area contributed by atoms with Crippen LogP contribution in [0.2, 0.25) is 5.02 Å². The van der Waals surface area contributed by atoms with Crippen LogP contribution in [0.15, 0.2) is 48.5 Å². The van der Waals surface area contributed by atoms with Crippen molar-refractivity contribution >= 4 is 33.4 Å². The zero-order valence-electron chi connectivity index (χ0n) is 15.5. The fraction of sp³-hybridized carbons (Fsp3) is 0.316. The molecule has 6 nitrogen and oxygen atoms in total. The van der Waals surface area contributed by atoms with Crippen molar-refractivity contribution in [1.29, 1.82) is 0 Å². The minimum absolute atomic E-state index is 0.0244. The van der Waals surface area contributed by atoms with Gasteiger partial charge in [-0.15, -0.1) is 0 Å². The maximum Gasteiger partial charge on any atom is 0.322 e. The summed E-state index contributed by atoms with van der Waals surface area (Å²) in [5, 5.41) is 3.38. The van der Waals surface area contributed by atoms with Gasteiger partial charge in [0.1, 0.15) is 5.75 Å². The molecule has 1 atom stereocenters. The molecule has 2 rings (SSSR count). The highest BCUT2D eigenvalue weighted by molar-refractivity contribution is 7.86. The van der Waals surface area contributed by atoms with E-state index in [1.807, 2.05) is 19.9 Å². The first-order valence-corrected chi connectivity index (χ1v) is 10.7. The number of amides is 2. The average Bonchev–Trinajstić information content (AvgIpc) is 2.57. The molecule has 0 radical (unpaired) electrons. The first kappa shape index (κ1) is 21.1. The van der Waals surface area contributed by atoms with Gasteiger partial charge < -0.3 is 14.4 Å². The second-order valence-corrected chi connectivity index (χ2v) is 8.27. The lowest BCUT2D eigenvalue weighted by Gasteiger charge is -2.29. The van der Waals surface area contributed by atoms with Crippen LogP contribution in [0.3, 0.4) is 0 Å². The van der Waals surface area contributed by atoms with Gasteiger partial charge >= 0.3 is 16.1 Å². The molecule has 0 aliphatic rings. The molecule has 1 N–H and O–H groups in total. The maximum absolute atomic E-state index is 12.8. The van der Waals surface area contributed by atoms with Crippen LogP contribution in [-0.2, 0) is 16.7 Å². The van der Waals surface area contributed by atoms with Crippen molar-refractivity contribution in [1.82, 2.24) is 4.90 Å². The molecule has 0 aliphatic heterocycles. The summed E-state index contributed by atoms with van der Waals surface area (Å²) in [4.78, 5) is 14.5. The van der Waals surface area contributed by atoms with Crippen LogP contribution >= 0.6 is 11.6 Å². The van der Waals surface area contributed by atoms with Crippen LogP contribution in [-0.4, -0.2) is 31.6 Å². The van der Waals surface area contributed by atoms with E-state index in [9.17, 15) is 13.2 Å². The number of rotatable bonds is 7. The van der Waals surface area contributed by atoms with Crippen molar-refractivity contribution in [3.63, 3.8) is 0 Å². The van der Waals surface area contributed by atoms with E-state index in [2.05, 4.69) is 5.32 Å². The number of hydrogen-bond acceptors (Lipinski definition) is 4. The van der Waals surface area contributed by atoms with Crippen molar-refractivity contribution in [2.45, 2.75) is 32.9 Å². The third-order valence-electron chi connectivity index (χ3n) is 3.96. The summed E-state index contributed by atoms with van der Waals surface area (Å²) < 4.78 is 27.6. The van der Waals surface area contributed by atoms with E-state index >= 15 is 0 Å². The van der Waals surface area contributed by atoms with E-state index in [4.69, 9.17) is 15.8 Å². The molecule has 0 unspecified atom stereocenters. The largest absolute Gasteiger partial charge is 0.383 e. The van der Waals surface area contributed by atoms with Crippen LogP contribution in [0, 0.1) is 0 Å². The molecular weight excluding hydrogens is 388 g/mol. The highest BCUT2D eigenvalue weighted by Gasteiger charge is 2.20. The highest BCUT2D eigenvalue weighted by Crippen LogP contribution is 2.20. The van der Waals surface area contributed by atoms with Crippen LogP contribution in [0.5, 0.6) is 5.75 Å². The van der Waals surface area contributed by atoms with Gasteiger partial charge in [0.25, 0.3) is 0 Å².